The van der Waals surface area contributed by atoms with Crippen LogP contribution in [0.1, 0.15) is 0 Å². The van der Waals surface area contributed by atoms with Crippen LogP contribution in [0.3, 0.4) is 0 Å². The second kappa shape index (κ2) is 17.2. The van der Waals surface area contributed by atoms with Gasteiger partial charge in [-0.05, 0) is 0 Å². The minimum Gasteiger partial charge on any atom is -0.333 e. The molecule has 4 nitrogen and oxygen atoms in total. The molecule has 0 N–H and O–H groups in total. The summed E-state index contributed by atoms with van der Waals surface area (Å²) in [6.07, 6.45) is 1.42. The first-order chi connectivity index (χ1) is 9.78. The minimum absolute atomic E-state index is 0.434. The van der Waals surface area contributed by atoms with Gasteiger partial charge in [0.05, 0.1) is 26.4 Å². The fraction of sp³-hybridized carbons (Fsp3) is 1.00. The topological polar surface area (TPSA) is 36.9 Å². The van der Waals surface area contributed by atoms with Gasteiger partial charge in [0.2, 0.25) is 0 Å². The van der Waals surface area contributed by atoms with Gasteiger partial charge in [-0.1, -0.05) is 0 Å². The van der Waals surface area contributed by atoms with Crippen LogP contribution in [0.4, 0.5) is 0 Å². The number of hydrogen-bond donors (Lipinski definition) is 0. The Morgan fingerprint density at radius 3 is 0.950 bits per heavy atom. The van der Waals surface area contributed by atoms with Gasteiger partial charge in [0.15, 0.2) is 16.8 Å². The molecule has 0 spiro atoms. The molecule has 20 heavy (non-hydrogen) atoms. The monoisotopic (exact) mass is 406 g/mol. The van der Waals surface area contributed by atoms with Crippen LogP contribution in [0, 0.1) is 0 Å². The maximum Gasteiger partial charge on any atom is 0.171 e. The van der Waals surface area contributed by atoms with Gasteiger partial charge in [-0.15, -0.1) is 46.4 Å². The van der Waals surface area contributed by atoms with E-state index in [1.807, 2.05) is 0 Å². The third kappa shape index (κ3) is 13.5. The number of hydrogen-bond acceptors (Lipinski definition) is 4. The van der Waals surface area contributed by atoms with Gasteiger partial charge >= 0.3 is 0 Å². The first-order valence-corrected chi connectivity index (χ1v) is 11.0. The highest BCUT2D eigenvalue weighted by molar-refractivity contribution is 7.51. The highest BCUT2D eigenvalue weighted by Crippen LogP contribution is 2.45. The van der Waals surface area contributed by atoms with Crippen molar-refractivity contribution in [3.63, 3.8) is 0 Å². The fourth-order valence-corrected chi connectivity index (χ4v) is 4.93. The van der Waals surface area contributed by atoms with Gasteiger partial charge in [0.25, 0.3) is 0 Å². The molecule has 10 heteroatoms. The van der Waals surface area contributed by atoms with Crippen molar-refractivity contribution in [1.29, 1.82) is 0 Å². The first kappa shape index (κ1) is 21.9. The molecular formula is C10H20Cl4O4P2. The minimum atomic E-state index is -1.01. The van der Waals surface area contributed by atoms with Crippen LogP contribution >= 0.6 is 63.2 Å². The van der Waals surface area contributed by atoms with E-state index in [-0.39, 0.29) is 0 Å². The average molecular weight is 408 g/mol. The first-order valence-electron chi connectivity index (χ1n) is 6.09. The molecule has 0 atom stereocenters. The number of alkyl halides is 4. The molecule has 0 aliphatic rings. The number of rotatable bonds is 15. The lowest BCUT2D eigenvalue weighted by atomic mass is 10.9. The van der Waals surface area contributed by atoms with Gasteiger partial charge < -0.3 is 18.1 Å². The van der Waals surface area contributed by atoms with E-state index in [9.17, 15) is 0 Å². The van der Waals surface area contributed by atoms with Crippen molar-refractivity contribution in [1.82, 2.24) is 0 Å². The summed E-state index contributed by atoms with van der Waals surface area (Å²) < 4.78 is 22.2. The molecule has 0 amide bonds. The Balaban J connectivity index is 4.05. The van der Waals surface area contributed by atoms with Crippen LogP contribution < -0.4 is 0 Å². The molecule has 0 rings (SSSR count). The normalized spacial score (nSPS) is 11.7. The van der Waals surface area contributed by atoms with E-state index >= 15 is 0 Å². The molecule has 0 saturated heterocycles. The van der Waals surface area contributed by atoms with E-state index in [4.69, 9.17) is 64.5 Å². The van der Waals surface area contributed by atoms with E-state index in [1.54, 1.807) is 0 Å². The molecule has 0 unspecified atom stereocenters. The standard InChI is InChI=1S/C10H20Cl4O4P2/c11-1-5-15-19(16-6-2-12)9-10-20(17-7-3-13)18-8-4-14/h1-10H2. The van der Waals surface area contributed by atoms with Gasteiger partial charge in [0.1, 0.15) is 0 Å². The second-order valence-electron chi connectivity index (χ2n) is 3.20. The van der Waals surface area contributed by atoms with Crippen LogP contribution in [-0.4, -0.2) is 62.3 Å². The Morgan fingerprint density at radius 2 is 0.750 bits per heavy atom. The summed E-state index contributed by atoms with van der Waals surface area (Å²) in [6.45, 7) is 1.83. The van der Waals surface area contributed by atoms with E-state index in [1.165, 1.54) is 0 Å². The fourth-order valence-electron chi connectivity index (χ4n) is 1.04. The van der Waals surface area contributed by atoms with E-state index in [0.29, 0.717) is 62.3 Å². The summed E-state index contributed by atoms with van der Waals surface area (Å²) >= 11 is 22.4. The van der Waals surface area contributed by atoms with Crippen LogP contribution in [-0.2, 0) is 18.1 Å². The summed E-state index contributed by atoms with van der Waals surface area (Å²) in [7, 11) is -2.03. The predicted octanol–water partition coefficient (Wildman–Crippen LogP) is 4.63. The van der Waals surface area contributed by atoms with Crippen molar-refractivity contribution in [3.05, 3.63) is 0 Å². The van der Waals surface area contributed by atoms with Crippen molar-refractivity contribution in [3.8, 4) is 0 Å². The Hall–Kier alpha value is 1.86. The zero-order chi connectivity index (χ0) is 15.1. The second-order valence-corrected chi connectivity index (χ2v) is 7.97. The quantitative estimate of drug-likeness (QED) is 0.293. The molecule has 0 aliphatic heterocycles. The summed E-state index contributed by atoms with van der Waals surface area (Å²) in [4.78, 5) is 0. The average Bonchev–Trinajstić information content (AvgIpc) is 2.48. The molecule has 122 valence electrons. The van der Waals surface area contributed by atoms with E-state index in [2.05, 4.69) is 0 Å². The number of halogens is 4. The third-order valence-electron chi connectivity index (χ3n) is 1.71. The van der Waals surface area contributed by atoms with Crippen molar-refractivity contribution in [2.75, 3.05) is 62.3 Å². The molecule has 0 fully saturated rings. The Morgan fingerprint density at radius 1 is 0.500 bits per heavy atom. The van der Waals surface area contributed by atoms with Crippen molar-refractivity contribution < 1.29 is 18.1 Å². The lowest BCUT2D eigenvalue weighted by Gasteiger charge is -2.20. The maximum atomic E-state index is 5.61. The van der Waals surface area contributed by atoms with Gasteiger partial charge in [-0.2, -0.15) is 0 Å². The van der Waals surface area contributed by atoms with E-state index in [0.717, 1.165) is 0 Å². The molecule has 0 aromatic carbocycles. The molecule has 0 radical (unpaired) electrons. The van der Waals surface area contributed by atoms with Crippen LogP contribution in [0.2, 0.25) is 0 Å². The van der Waals surface area contributed by atoms with Crippen molar-refractivity contribution in [2.24, 2.45) is 0 Å². The molecule has 0 aliphatic carbocycles. The lowest BCUT2D eigenvalue weighted by molar-refractivity contribution is 0.265. The van der Waals surface area contributed by atoms with Crippen LogP contribution in [0.15, 0.2) is 0 Å². The molecular weight excluding hydrogens is 388 g/mol. The lowest BCUT2D eigenvalue weighted by Crippen LogP contribution is -2.06. The summed E-state index contributed by atoms with van der Waals surface area (Å²) in [6, 6.07) is 0. The van der Waals surface area contributed by atoms with E-state index < -0.39 is 16.8 Å². The largest absolute Gasteiger partial charge is 0.333 e. The molecule has 0 aromatic rings. The SMILES string of the molecule is ClCCOP(CCP(OCCCl)OCCCl)OCCCl. The molecule has 0 aromatic heterocycles. The highest BCUT2D eigenvalue weighted by Gasteiger charge is 2.17. The zero-order valence-electron chi connectivity index (χ0n) is 11.1. The van der Waals surface area contributed by atoms with Gasteiger partial charge in [0, 0.05) is 35.8 Å². The maximum absolute atomic E-state index is 5.61. The Bertz CT molecular complexity index is 172. The summed E-state index contributed by atoms with van der Waals surface area (Å²) in [5.41, 5.74) is 0. The van der Waals surface area contributed by atoms with Gasteiger partial charge in [-0.25, -0.2) is 0 Å². The predicted molar refractivity (Wildman–Crippen MR) is 90.3 cm³/mol. The molecule has 0 heterocycles. The van der Waals surface area contributed by atoms with Crippen LogP contribution in [0.5, 0.6) is 0 Å². The summed E-state index contributed by atoms with van der Waals surface area (Å²) in [5, 5.41) is 0. The third-order valence-corrected chi connectivity index (χ3v) is 5.74. The van der Waals surface area contributed by atoms with Crippen LogP contribution in [0.25, 0.3) is 0 Å². The molecule has 0 saturated carbocycles. The van der Waals surface area contributed by atoms with Gasteiger partial charge in [-0.3, -0.25) is 0 Å². The molecule has 0 bridgehead atoms. The smallest absolute Gasteiger partial charge is 0.171 e. The summed E-state index contributed by atoms with van der Waals surface area (Å²) in [5.74, 6) is 1.74. The Labute approximate surface area is 143 Å². The zero-order valence-corrected chi connectivity index (χ0v) is 15.9. The highest BCUT2D eigenvalue weighted by atomic mass is 35.5. The van der Waals surface area contributed by atoms with Crippen molar-refractivity contribution in [2.45, 2.75) is 0 Å². The Kier molecular flexibility index (Phi) is 18.8. The van der Waals surface area contributed by atoms with Crippen molar-refractivity contribution >= 4 is 63.2 Å².